The van der Waals surface area contributed by atoms with Crippen molar-refractivity contribution in [3.63, 3.8) is 0 Å². The SMILES string of the molecule is CN(CC1CCCN1)CC1CSc2ccccc21. The Morgan fingerprint density at radius 2 is 2.22 bits per heavy atom. The predicted molar refractivity (Wildman–Crippen MR) is 78.4 cm³/mol. The molecule has 2 aliphatic rings. The molecule has 2 unspecified atom stereocenters. The van der Waals surface area contributed by atoms with E-state index in [1.807, 2.05) is 11.8 Å². The fraction of sp³-hybridized carbons (Fsp3) is 0.600. The lowest BCUT2D eigenvalue weighted by atomic mass is 10.0. The number of benzene rings is 1. The van der Waals surface area contributed by atoms with Gasteiger partial charge in [0.15, 0.2) is 0 Å². The average Bonchev–Trinajstić information content (AvgIpc) is 3.00. The minimum Gasteiger partial charge on any atom is -0.313 e. The quantitative estimate of drug-likeness (QED) is 0.898. The topological polar surface area (TPSA) is 15.3 Å². The van der Waals surface area contributed by atoms with Crippen LogP contribution in [0.3, 0.4) is 0 Å². The van der Waals surface area contributed by atoms with E-state index in [2.05, 4.69) is 41.5 Å². The van der Waals surface area contributed by atoms with E-state index in [1.54, 1.807) is 5.56 Å². The van der Waals surface area contributed by atoms with E-state index >= 15 is 0 Å². The van der Waals surface area contributed by atoms with Crippen LogP contribution in [0.5, 0.6) is 0 Å². The molecule has 0 radical (unpaired) electrons. The predicted octanol–water partition coefficient (Wildman–Crippen LogP) is 2.56. The van der Waals surface area contributed by atoms with Crippen molar-refractivity contribution in [2.75, 3.05) is 32.4 Å². The Morgan fingerprint density at radius 3 is 3.06 bits per heavy atom. The maximum atomic E-state index is 3.58. The summed E-state index contributed by atoms with van der Waals surface area (Å²) >= 11 is 2.02. The second-order valence-electron chi connectivity index (χ2n) is 5.56. The maximum Gasteiger partial charge on any atom is 0.0195 e. The smallest absolute Gasteiger partial charge is 0.0195 e. The largest absolute Gasteiger partial charge is 0.313 e. The van der Waals surface area contributed by atoms with Crippen LogP contribution in [0.15, 0.2) is 29.2 Å². The first-order valence-corrected chi connectivity index (χ1v) is 7.95. The van der Waals surface area contributed by atoms with E-state index in [4.69, 9.17) is 0 Å². The van der Waals surface area contributed by atoms with E-state index in [-0.39, 0.29) is 0 Å². The van der Waals surface area contributed by atoms with E-state index < -0.39 is 0 Å². The fourth-order valence-corrected chi connectivity index (χ4v) is 4.36. The van der Waals surface area contributed by atoms with E-state index in [0.717, 1.165) is 12.0 Å². The molecule has 1 fully saturated rings. The molecule has 0 amide bonds. The Hall–Kier alpha value is -0.510. The summed E-state index contributed by atoms with van der Waals surface area (Å²) in [6.45, 7) is 3.60. The summed E-state index contributed by atoms with van der Waals surface area (Å²) in [5, 5.41) is 3.58. The zero-order valence-corrected chi connectivity index (χ0v) is 11.9. The van der Waals surface area contributed by atoms with Crippen molar-refractivity contribution in [1.82, 2.24) is 10.2 Å². The molecule has 0 spiro atoms. The average molecular weight is 262 g/mol. The highest BCUT2D eigenvalue weighted by Gasteiger charge is 2.25. The summed E-state index contributed by atoms with van der Waals surface area (Å²) in [4.78, 5) is 4.01. The Kier molecular flexibility index (Phi) is 3.92. The molecular weight excluding hydrogens is 240 g/mol. The first kappa shape index (κ1) is 12.5. The molecule has 1 aromatic carbocycles. The van der Waals surface area contributed by atoms with Gasteiger partial charge in [0, 0.05) is 35.7 Å². The first-order valence-electron chi connectivity index (χ1n) is 6.96. The van der Waals surface area contributed by atoms with Crippen molar-refractivity contribution in [1.29, 1.82) is 0 Å². The van der Waals surface area contributed by atoms with Crippen molar-refractivity contribution in [2.24, 2.45) is 0 Å². The van der Waals surface area contributed by atoms with Crippen LogP contribution in [0.2, 0.25) is 0 Å². The lowest BCUT2D eigenvalue weighted by Gasteiger charge is -2.24. The third-order valence-corrected chi connectivity index (χ3v) is 5.28. The Bertz CT molecular complexity index is 401. The van der Waals surface area contributed by atoms with Crippen LogP contribution in [-0.2, 0) is 0 Å². The molecular formula is C15H22N2S. The van der Waals surface area contributed by atoms with E-state index in [9.17, 15) is 0 Å². The molecule has 1 saturated heterocycles. The van der Waals surface area contributed by atoms with E-state index in [0.29, 0.717) is 0 Å². The van der Waals surface area contributed by atoms with Crippen LogP contribution in [0.1, 0.15) is 24.3 Å². The molecule has 0 aromatic heterocycles. The first-order chi connectivity index (χ1) is 8.83. The van der Waals surface area contributed by atoms with Gasteiger partial charge in [-0.25, -0.2) is 0 Å². The standard InChI is InChI=1S/C15H22N2S/c1-17(10-13-5-4-8-16-13)9-12-11-18-15-7-3-2-6-14(12)15/h2-3,6-7,12-13,16H,4-5,8-11H2,1H3. The number of rotatable bonds is 4. The molecule has 2 nitrogen and oxygen atoms in total. The Morgan fingerprint density at radius 1 is 1.33 bits per heavy atom. The summed E-state index contributed by atoms with van der Waals surface area (Å²) in [7, 11) is 2.27. The molecule has 2 heterocycles. The highest BCUT2D eigenvalue weighted by molar-refractivity contribution is 7.99. The lowest BCUT2D eigenvalue weighted by molar-refractivity contribution is 0.288. The second kappa shape index (κ2) is 5.64. The van der Waals surface area contributed by atoms with Crippen LogP contribution in [-0.4, -0.2) is 43.4 Å². The molecule has 0 bridgehead atoms. The number of thioether (sulfide) groups is 1. The van der Waals surface area contributed by atoms with Crippen LogP contribution >= 0.6 is 11.8 Å². The molecule has 1 N–H and O–H groups in total. The van der Waals surface area contributed by atoms with Gasteiger partial charge >= 0.3 is 0 Å². The van der Waals surface area contributed by atoms with Crippen LogP contribution < -0.4 is 5.32 Å². The monoisotopic (exact) mass is 262 g/mol. The van der Waals surface area contributed by atoms with Crippen molar-refractivity contribution >= 4 is 11.8 Å². The molecule has 1 aromatic rings. The van der Waals surface area contributed by atoms with Gasteiger partial charge in [0.25, 0.3) is 0 Å². The third kappa shape index (κ3) is 2.73. The highest BCUT2D eigenvalue weighted by Crippen LogP contribution is 2.39. The van der Waals surface area contributed by atoms with Gasteiger partial charge in [-0.3, -0.25) is 0 Å². The molecule has 0 saturated carbocycles. The van der Waals surface area contributed by atoms with Gasteiger partial charge in [0.1, 0.15) is 0 Å². The highest BCUT2D eigenvalue weighted by atomic mass is 32.2. The molecule has 18 heavy (non-hydrogen) atoms. The van der Waals surface area contributed by atoms with Gasteiger partial charge in [-0.2, -0.15) is 0 Å². The summed E-state index contributed by atoms with van der Waals surface area (Å²) in [6.07, 6.45) is 2.70. The minimum atomic E-state index is 0.720. The van der Waals surface area contributed by atoms with Gasteiger partial charge in [-0.1, -0.05) is 18.2 Å². The molecule has 2 aliphatic heterocycles. The summed E-state index contributed by atoms with van der Waals surface area (Å²) < 4.78 is 0. The Balaban J connectivity index is 1.57. The maximum absolute atomic E-state index is 3.58. The zero-order valence-electron chi connectivity index (χ0n) is 11.1. The summed E-state index contributed by atoms with van der Waals surface area (Å²) in [5.74, 6) is 1.97. The van der Waals surface area contributed by atoms with Crippen molar-refractivity contribution < 1.29 is 0 Å². The number of nitrogens with zero attached hydrogens (tertiary/aromatic N) is 1. The summed E-state index contributed by atoms with van der Waals surface area (Å²) in [6, 6.07) is 9.62. The number of hydrogen-bond donors (Lipinski definition) is 1. The van der Waals surface area contributed by atoms with Gasteiger partial charge in [0.2, 0.25) is 0 Å². The van der Waals surface area contributed by atoms with Gasteiger partial charge < -0.3 is 10.2 Å². The molecule has 0 aliphatic carbocycles. The summed E-state index contributed by atoms with van der Waals surface area (Å²) in [5.41, 5.74) is 1.56. The fourth-order valence-electron chi connectivity index (χ4n) is 3.12. The molecule has 2 atom stereocenters. The number of hydrogen-bond acceptors (Lipinski definition) is 3. The van der Waals surface area contributed by atoms with Crippen LogP contribution in [0.25, 0.3) is 0 Å². The van der Waals surface area contributed by atoms with Gasteiger partial charge in [-0.05, 0) is 38.1 Å². The molecule has 98 valence electrons. The third-order valence-electron chi connectivity index (χ3n) is 4.03. The number of fused-ring (bicyclic) bond motifs is 1. The number of nitrogens with one attached hydrogen (secondary N) is 1. The van der Waals surface area contributed by atoms with Gasteiger partial charge in [-0.15, -0.1) is 11.8 Å². The van der Waals surface area contributed by atoms with Crippen molar-refractivity contribution in [3.05, 3.63) is 29.8 Å². The van der Waals surface area contributed by atoms with Crippen LogP contribution in [0, 0.1) is 0 Å². The van der Waals surface area contributed by atoms with E-state index in [1.165, 1.54) is 43.1 Å². The van der Waals surface area contributed by atoms with Crippen LogP contribution in [0.4, 0.5) is 0 Å². The van der Waals surface area contributed by atoms with Gasteiger partial charge in [0.05, 0.1) is 0 Å². The minimum absolute atomic E-state index is 0.720. The normalized spacial score (nSPS) is 26.8. The second-order valence-corrected chi connectivity index (χ2v) is 6.62. The van der Waals surface area contributed by atoms with Crippen molar-refractivity contribution in [3.8, 4) is 0 Å². The number of likely N-dealkylation sites (N-methyl/N-ethyl adjacent to an activating group) is 1. The zero-order chi connectivity index (χ0) is 12.4. The lowest BCUT2D eigenvalue weighted by Crippen LogP contribution is -2.37. The Labute approximate surface area is 114 Å². The van der Waals surface area contributed by atoms with Crippen molar-refractivity contribution in [2.45, 2.75) is 29.7 Å². The molecule has 3 rings (SSSR count). The molecule has 3 heteroatoms.